The number of thiophene rings is 1. The van der Waals surface area contributed by atoms with E-state index in [1.807, 2.05) is 24.3 Å². The van der Waals surface area contributed by atoms with Crippen molar-refractivity contribution >= 4 is 33.0 Å². The van der Waals surface area contributed by atoms with Gasteiger partial charge in [0.1, 0.15) is 0 Å². The molecule has 0 bridgehead atoms. The normalized spacial score (nSPS) is 12.8. The molecule has 1 heterocycles. The molecule has 0 aliphatic carbocycles. The van der Waals surface area contributed by atoms with E-state index in [0.29, 0.717) is 5.92 Å². The van der Waals surface area contributed by atoms with Gasteiger partial charge in [0.2, 0.25) is 0 Å². The van der Waals surface area contributed by atoms with Gasteiger partial charge in [-0.25, -0.2) is 0 Å². The highest BCUT2D eigenvalue weighted by atomic mass is 32.1. The summed E-state index contributed by atoms with van der Waals surface area (Å²) < 4.78 is 1.10. The van der Waals surface area contributed by atoms with E-state index in [1.165, 1.54) is 11.3 Å². The number of nitrogens with two attached hydrogens (primary N) is 1. The number of nitrogens with one attached hydrogen (secondary N) is 1. The minimum absolute atomic E-state index is 0.0148. The molecule has 0 radical (unpaired) electrons. The molecule has 0 saturated heterocycles. The maximum Gasteiger partial charge on any atom is 0.261 e. The van der Waals surface area contributed by atoms with Crippen LogP contribution in [0.4, 0.5) is 5.69 Å². The van der Waals surface area contributed by atoms with E-state index in [0.717, 1.165) is 33.5 Å². The molecule has 0 saturated carbocycles. The highest BCUT2D eigenvalue weighted by Gasteiger charge is 2.13. The molecule has 1 aromatic carbocycles. The van der Waals surface area contributed by atoms with Crippen LogP contribution in [0.2, 0.25) is 0 Å². The maximum atomic E-state index is 12.2. The summed E-state index contributed by atoms with van der Waals surface area (Å²) in [7, 11) is 0. The predicted molar refractivity (Wildman–Crippen MR) is 87.2 cm³/mol. The average molecular weight is 290 g/mol. The molecule has 0 aliphatic heterocycles. The summed E-state index contributed by atoms with van der Waals surface area (Å²) in [5.74, 6) is 0.683. The summed E-state index contributed by atoms with van der Waals surface area (Å²) in [6, 6.07) is 7.87. The molecular weight excluding hydrogens is 268 g/mol. The number of benzene rings is 1. The Balaban J connectivity index is 2.03. The molecular formula is C16H22N2OS. The van der Waals surface area contributed by atoms with E-state index >= 15 is 0 Å². The van der Waals surface area contributed by atoms with E-state index in [-0.39, 0.29) is 11.9 Å². The number of hydrogen-bond acceptors (Lipinski definition) is 3. The highest BCUT2D eigenvalue weighted by molar-refractivity contribution is 7.20. The molecule has 1 amide bonds. The Morgan fingerprint density at radius 3 is 2.70 bits per heavy atom. The molecule has 2 aromatic rings. The Hall–Kier alpha value is -1.55. The first-order chi connectivity index (χ1) is 9.45. The van der Waals surface area contributed by atoms with Crippen LogP contribution in [0.5, 0.6) is 0 Å². The van der Waals surface area contributed by atoms with Crippen molar-refractivity contribution in [3.63, 3.8) is 0 Å². The number of amides is 1. The summed E-state index contributed by atoms with van der Waals surface area (Å²) in [6.07, 6.45) is 2.14. The Kier molecular flexibility index (Phi) is 4.65. The number of carbonyl (C=O) groups excluding carboxylic acids is 1. The van der Waals surface area contributed by atoms with Crippen LogP contribution < -0.4 is 11.1 Å². The molecule has 2 rings (SSSR count). The van der Waals surface area contributed by atoms with Crippen LogP contribution in [-0.4, -0.2) is 11.9 Å². The summed E-state index contributed by atoms with van der Waals surface area (Å²) in [6.45, 7) is 6.46. The number of carbonyl (C=O) groups is 1. The Bertz CT molecular complexity index is 604. The fourth-order valence-electron chi connectivity index (χ4n) is 2.12. The van der Waals surface area contributed by atoms with Crippen molar-refractivity contribution in [3.8, 4) is 0 Å². The molecule has 0 spiro atoms. The van der Waals surface area contributed by atoms with E-state index < -0.39 is 0 Å². The topological polar surface area (TPSA) is 55.1 Å². The zero-order valence-electron chi connectivity index (χ0n) is 12.3. The standard InChI is InChI=1S/C16H22N2OS/c1-10(2)4-5-11(3)18-16(19)15-9-12-8-13(17)6-7-14(12)20-15/h6-11H,4-5,17H2,1-3H3,(H,18,19). The van der Waals surface area contributed by atoms with Gasteiger partial charge in [0, 0.05) is 16.4 Å². The Morgan fingerprint density at radius 2 is 2.00 bits per heavy atom. The van der Waals surface area contributed by atoms with Crippen LogP contribution in [0.3, 0.4) is 0 Å². The minimum Gasteiger partial charge on any atom is -0.399 e. The van der Waals surface area contributed by atoms with Crippen LogP contribution in [0.25, 0.3) is 10.1 Å². The first-order valence-corrected chi connectivity index (χ1v) is 7.87. The van der Waals surface area contributed by atoms with Crippen molar-refractivity contribution in [3.05, 3.63) is 29.1 Å². The van der Waals surface area contributed by atoms with Gasteiger partial charge in [0.05, 0.1) is 4.88 Å². The lowest BCUT2D eigenvalue weighted by Crippen LogP contribution is -2.32. The fourth-order valence-corrected chi connectivity index (χ4v) is 3.07. The third-order valence-corrected chi connectivity index (χ3v) is 4.43. The van der Waals surface area contributed by atoms with Crippen LogP contribution in [0.1, 0.15) is 43.3 Å². The first kappa shape index (κ1) is 14.9. The fraction of sp³-hybridized carbons (Fsp3) is 0.438. The smallest absolute Gasteiger partial charge is 0.261 e. The molecule has 3 nitrogen and oxygen atoms in total. The molecule has 0 aliphatic rings. The molecule has 0 fully saturated rings. The summed E-state index contributed by atoms with van der Waals surface area (Å²) in [4.78, 5) is 13.0. The van der Waals surface area contributed by atoms with Crippen molar-refractivity contribution in [2.75, 3.05) is 5.73 Å². The van der Waals surface area contributed by atoms with Crippen LogP contribution >= 0.6 is 11.3 Å². The summed E-state index contributed by atoms with van der Waals surface area (Å²) in [5, 5.41) is 4.10. The lowest BCUT2D eigenvalue weighted by Gasteiger charge is -2.14. The third-order valence-electron chi connectivity index (χ3n) is 3.32. The zero-order valence-corrected chi connectivity index (χ0v) is 13.1. The van der Waals surface area contributed by atoms with E-state index in [4.69, 9.17) is 5.73 Å². The van der Waals surface area contributed by atoms with Gasteiger partial charge in [0.25, 0.3) is 5.91 Å². The maximum absolute atomic E-state index is 12.2. The van der Waals surface area contributed by atoms with E-state index in [2.05, 4.69) is 26.1 Å². The monoisotopic (exact) mass is 290 g/mol. The van der Waals surface area contributed by atoms with Crippen molar-refractivity contribution in [2.45, 2.75) is 39.7 Å². The second-order valence-corrected chi connectivity index (χ2v) is 6.84. The molecule has 1 aromatic heterocycles. The summed E-state index contributed by atoms with van der Waals surface area (Å²) in [5.41, 5.74) is 6.49. The minimum atomic E-state index is 0.0148. The molecule has 108 valence electrons. The van der Waals surface area contributed by atoms with Crippen molar-refractivity contribution in [1.29, 1.82) is 0 Å². The SMILES string of the molecule is CC(C)CCC(C)NC(=O)c1cc2cc(N)ccc2s1. The average Bonchev–Trinajstić information content (AvgIpc) is 2.79. The van der Waals surface area contributed by atoms with Crippen LogP contribution in [0.15, 0.2) is 24.3 Å². The Morgan fingerprint density at radius 1 is 1.25 bits per heavy atom. The molecule has 3 N–H and O–H groups in total. The van der Waals surface area contributed by atoms with Gasteiger partial charge in [0.15, 0.2) is 0 Å². The van der Waals surface area contributed by atoms with Crippen LogP contribution in [0, 0.1) is 5.92 Å². The number of nitrogen functional groups attached to an aromatic ring is 1. The quantitative estimate of drug-likeness (QED) is 0.817. The molecule has 1 atom stereocenters. The number of rotatable bonds is 5. The van der Waals surface area contributed by atoms with E-state index in [9.17, 15) is 4.79 Å². The van der Waals surface area contributed by atoms with Gasteiger partial charge in [-0.2, -0.15) is 0 Å². The highest BCUT2D eigenvalue weighted by Crippen LogP contribution is 2.27. The second kappa shape index (κ2) is 6.27. The largest absolute Gasteiger partial charge is 0.399 e. The van der Waals surface area contributed by atoms with Gasteiger partial charge in [-0.3, -0.25) is 4.79 Å². The molecule has 4 heteroatoms. The van der Waals surface area contributed by atoms with Crippen molar-refractivity contribution in [1.82, 2.24) is 5.32 Å². The van der Waals surface area contributed by atoms with E-state index in [1.54, 1.807) is 0 Å². The van der Waals surface area contributed by atoms with Gasteiger partial charge >= 0.3 is 0 Å². The lowest BCUT2D eigenvalue weighted by molar-refractivity contribution is 0.0941. The number of hydrogen-bond donors (Lipinski definition) is 2. The lowest BCUT2D eigenvalue weighted by atomic mass is 10.0. The van der Waals surface area contributed by atoms with Crippen LogP contribution in [-0.2, 0) is 0 Å². The molecule has 20 heavy (non-hydrogen) atoms. The molecule has 1 unspecified atom stereocenters. The van der Waals surface area contributed by atoms with Crippen molar-refractivity contribution < 1.29 is 4.79 Å². The van der Waals surface area contributed by atoms with Gasteiger partial charge in [-0.15, -0.1) is 11.3 Å². The van der Waals surface area contributed by atoms with Gasteiger partial charge in [-0.1, -0.05) is 13.8 Å². The number of anilines is 1. The number of fused-ring (bicyclic) bond motifs is 1. The van der Waals surface area contributed by atoms with Gasteiger partial charge in [-0.05, 0) is 55.3 Å². The van der Waals surface area contributed by atoms with Gasteiger partial charge < -0.3 is 11.1 Å². The first-order valence-electron chi connectivity index (χ1n) is 7.05. The zero-order chi connectivity index (χ0) is 14.7. The third kappa shape index (κ3) is 3.73. The van der Waals surface area contributed by atoms with Crippen molar-refractivity contribution in [2.24, 2.45) is 5.92 Å². The Labute approximate surface area is 124 Å². The second-order valence-electron chi connectivity index (χ2n) is 5.75. The summed E-state index contributed by atoms with van der Waals surface area (Å²) >= 11 is 1.51. The predicted octanol–water partition coefficient (Wildman–Crippen LogP) is 4.04.